The van der Waals surface area contributed by atoms with Crippen molar-refractivity contribution in [1.29, 1.82) is 0 Å². The lowest BCUT2D eigenvalue weighted by molar-refractivity contribution is 0.640. The first kappa shape index (κ1) is 14.3. The van der Waals surface area contributed by atoms with Crippen molar-refractivity contribution < 1.29 is 0 Å². The minimum atomic E-state index is 0.630. The van der Waals surface area contributed by atoms with Crippen LogP contribution in [0.4, 0.5) is 0 Å². The summed E-state index contributed by atoms with van der Waals surface area (Å²) in [4.78, 5) is 0. The fourth-order valence-corrected chi connectivity index (χ4v) is 3.23. The van der Waals surface area contributed by atoms with Crippen LogP contribution in [-0.2, 0) is 6.42 Å². The van der Waals surface area contributed by atoms with E-state index >= 15 is 0 Å². The van der Waals surface area contributed by atoms with E-state index in [2.05, 4.69) is 77.5 Å². The topological polar surface area (TPSA) is 0 Å². The molecular weight excluding hydrogens is 296 g/mol. The molecule has 1 atom stereocenters. The van der Waals surface area contributed by atoms with Crippen molar-refractivity contribution in [3.8, 4) is 0 Å². The summed E-state index contributed by atoms with van der Waals surface area (Å²) in [5, 5.41) is 1.05. The molecule has 0 spiro atoms. The number of rotatable bonds is 6. The van der Waals surface area contributed by atoms with E-state index in [1.165, 1.54) is 36.0 Å². The molecule has 19 heavy (non-hydrogen) atoms. The molecule has 100 valence electrons. The van der Waals surface area contributed by atoms with Gasteiger partial charge in [0.2, 0.25) is 0 Å². The summed E-state index contributed by atoms with van der Waals surface area (Å²) < 4.78 is 0. The highest BCUT2D eigenvalue weighted by Crippen LogP contribution is 2.26. The molecular formula is C18H21Br. The van der Waals surface area contributed by atoms with Crippen molar-refractivity contribution in [3.63, 3.8) is 0 Å². The van der Waals surface area contributed by atoms with Gasteiger partial charge in [-0.2, -0.15) is 0 Å². The summed E-state index contributed by atoms with van der Waals surface area (Å²) in [5.74, 6) is 0.630. The van der Waals surface area contributed by atoms with E-state index in [9.17, 15) is 0 Å². The van der Waals surface area contributed by atoms with Gasteiger partial charge in [-0.25, -0.2) is 0 Å². The second-order valence-electron chi connectivity index (χ2n) is 5.09. The first-order valence-corrected chi connectivity index (χ1v) is 8.09. The van der Waals surface area contributed by atoms with Gasteiger partial charge >= 0.3 is 0 Å². The van der Waals surface area contributed by atoms with Crippen molar-refractivity contribution in [2.24, 2.45) is 0 Å². The molecule has 0 saturated heterocycles. The summed E-state index contributed by atoms with van der Waals surface area (Å²) in [6, 6.07) is 19.5. The Morgan fingerprint density at radius 3 is 2.32 bits per heavy atom. The van der Waals surface area contributed by atoms with E-state index < -0.39 is 0 Å². The molecule has 2 aromatic rings. The highest BCUT2D eigenvalue weighted by Gasteiger charge is 2.11. The molecule has 0 N–H and O–H groups in total. The fraction of sp³-hybridized carbons (Fsp3) is 0.333. The lowest BCUT2D eigenvalue weighted by atomic mass is 9.91. The third kappa shape index (κ3) is 4.21. The van der Waals surface area contributed by atoms with E-state index in [1.54, 1.807) is 0 Å². The maximum atomic E-state index is 3.67. The van der Waals surface area contributed by atoms with Crippen molar-refractivity contribution in [3.05, 3.63) is 71.3 Å². The smallest absolute Gasteiger partial charge is 0.0100 e. The summed E-state index contributed by atoms with van der Waals surface area (Å²) >= 11 is 3.67. The summed E-state index contributed by atoms with van der Waals surface area (Å²) in [5.41, 5.74) is 4.35. The number of alkyl halides is 1. The van der Waals surface area contributed by atoms with E-state index in [0.717, 1.165) is 5.33 Å². The third-order valence-electron chi connectivity index (χ3n) is 3.68. The zero-order valence-electron chi connectivity index (χ0n) is 11.5. The summed E-state index contributed by atoms with van der Waals surface area (Å²) in [7, 11) is 0. The van der Waals surface area contributed by atoms with E-state index in [4.69, 9.17) is 0 Å². The van der Waals surface area contributed by atoms with E-state index in [-0.39, 0.29) is 0 Å². The molecule has 0 saturated carbocycles. The van der Waals surface area contributed by atoms with Gasteiger partial charge in [-0.1, -0.05) is 70.5 Å². The van der Waals surface area contributed by atoms with Crippen LogP contribution in [0.1, 0.15) is 35.4 Å². The van der Waals surface area contributed by atoms with Gasteiger partial charge in [0.15, 0.2) is 0 Å². The third-order valence-corrected chi connectivity index (χ3v) is 4.46. The Kier molecular flexibility index (Phi) is 5.65. The molecule has 2 rings (SSSR count). The fourth-order valence-electron chi connectivity index (χ4n) is 2.56. The highest BCUT2D eigenvalue weighted by molar-refractivity contribution is 9.09. The summed E-state index contributed by atoms with van der Waals surface area (Å²) in [6.07, 6.45) is 3.66. The van der Waals surface area contributed by atoms with Crippen LogP contribution in [0.5, 0.6) is 0 Å². The van der Waals surface area contributed by atoms with Crippen LogP contribution in [0.3, 0.4) is 0 Å². The van der Waals surface area contributed by atoms with Crippen molar-refractivity contribution in [1.82, 2.24) is 0 Å². The quantitative estimate of drug-likeness (QED) is 0.617. The van der Waals surface area contributed by atoms with Crippen molar-refractivity contribution in [2.75, 3.05) is 5.33 Å². The second-order valence-corrected chi connectivity index (χ2v) is 5.73. The molecule has 0 aromatic heterocycles. The molecule has 0 amide bonds. The Morgan fingerprint density at radius 1 is 0.947 bits per heavy atom. The molecule has 2 aromatic carbocycles. The first-order valence-electron chi connectivity index (χ1n) is 6.96. The summed E-state index contributed by atoms with van der Waals surface area (Å²) in [6.45, 7) is 2.21. The van der Waals surface area contributed by atoms with Crippen LogP contribution in [0.2, 0.25) is 0 Å². The Bertz CT molecular complexity index is 490. The normalized spacial score (nSPS) is 12.3. The SMILES string of the molecule is Cc1ccccc1C(CBr)CCCc1ccccc1. The van der Waals surface area contributed by atoms with Crippen LogP contribution < -0.4 is 0 Å². The number of hydrogen-bond donors (Lipinski definition) is 0. The second kappa shape index (κ2) is 7.49. The van der Waals surface area contributed by atoms with E-state index in [1.807, 2.05) is 0 Å². The van der Waals surface area contributed by atoms with Gasteiger partial charge in [-0.3, -0.25) is 0 Å². The molecule has 0 radical (unpaired) electrons. The van der Waals surface area contributed by atoms with Crippen LogP contribution in [0, 0.1) is 6.92 Å². The maximum absolute atomic E-state index is 3.67. The average Bonchev–Trinajstić information content (AvgIpc) is 2.46. The Hall–Kier alpha value is -1.08. The maximum Gasteiger partial charge on any atom is 0.0100 e. The van der Waals surface area contributed by atoms with Gasteiger partial charge in [-0.05, 0) is 48.8 Å². The molecule has 0 aliphatic rings. The minimum absolute atomic E-state index is 0.630. The number of halogens is 1. The molecule has 0 fully saturated rings. The Morgan fingerprint density at radius 2 is 1.63 bits per heavy atom. The lowest BCUT2D eigenvalue weighted by Gasteiger charge is -2.17. The molecule has 0 aliphatic heterocycles. The van der Waals surface area contributed by atoms with Crippen molar-refractivity contribution >= 4 is 15.9 Å². The van der Waals surface area contributed by atoms with Gasteiger partial charge in [0.05, 0.1) is 0 Å². The molecule has 1 heteroatoms. The largest absolute Gasteiger partial charge is 0.0921 e. The van der Waals surface area contributed by atoms with Gasteiger partial charge in [0.1, 0.15) is 0 Å². The Balaban J connectivity index is 1.92. The number of aryl methyl sites for hydroxylation is 2. The van der Waals surface area contributed by atoms with Gasteiger partial charge < -0.3 is 0 Å². The van der Waals surface area contributed by atoms with Crippen LogP contribution in [-0.4, -0.2) is 5.33 Å². The van der Waals surface area contributed by atoms with Gasteiger partial charge in [0, 0.05) is 5.33 Å². The first-order chi connectivity index (χ1) is 9.31. The van der Waals surface area contributed by atoms with Crippen LogP contribution >= 0.6 is 15.9 Å². The zero-order valence-corrected chi connectivity index (χ0v) is 13.1. The average molecular weight is 317 g/mol. The van der Waals surface area contributed by atoms with Gasteiger partial charge in [-0.15, -0.1) is 0 Å². The number of hydrogen-bond acceptors (Lipinski definition) is 0. The minimum Gasteiger partial charge on any atom is -0.0921 e. The monoisotopic (exact) mass is 316 g/mol. The predicted molar refractivity (Wildman–Crippen MR) is 87.1 cm³/mol. The molecule has 0 bridgehead atoms. The van der Waals surface area contributed by atoms with E-state index in [0.29, 0.717) is 5.92 Å². The highest BCUT2D eigenvalue weighted by atomic mass is 79.9. The standard InChI is InChI=1S/C18H21Br/c1-15-8-5-6-13-18(15)17(14-19)12-7-11-16-9-3-2-4-10-16/h2-6,8-10,13,17H,7,11-12,14H2,1H3. The van der Waals surface area contributed by atoms with Crippen molar-refractivity contribution in [2.45, 2.75) is 32.1 Å². The lowest BCUT2D eigenvalue weighted by Crippen LogP contribution is -2.03. The van der Waals surface area contributed by atoms with Crippen LogP contribution in [0.15, 0.2) is 54.6 Å². The van der Waals surface area contributed by atoms with Crippen LogP contribution in [0.25, 0.3) is 0 Å². The van der Waals surface area contributed by atoms with Gasteiger partial charge in [0.25, 0.3) is 0 Å². The molecule has 0 heterocycles. The zero-order chi connectivity index (χ0) is 13.5. The predicted octanol–water partition coefficient (Wildman–Crippen LogP) is 5.50. The molecule has 0 aliphatic carbocycles. The molecule has 1 unspecified atom stereocenters. The Labute approximate surface area is 125 Å². The number of benzene rings is 2. The molecule has 0 nitrogen and oxygen atoms in total.